The lowest BCUT2D eigenvalue weighted by Gasteiger charge is -2.05. The molecule has 0 aromatic carbocycles. The van der Waals surface area contributed by atoms with E-state index in [0.29, 0.717) is 11.4 Å². The number of rotatable bonds is 3. The van der Waals surface area contributed by atoms with Gasteiger partial charge in [-0.25, -0.2) is 9.50 Å². The van der Waals surface area contributed by atoms with Crippen molar-refractivity contribution >= 4 is 11.2 Å². The third-order valence-electron chi connectivity index (χ3n) is 2.75. The first-order chi connectivity index (χ1) is 9.65. The van der Waals surface area contributed by atoms with Gasteiger partial charge in [-0.05, 0) is 6.07 Å². The normalized spacial score (nSPS) is 10.6. The number of hydrogen-bond donors (Lipinski definition) is 4. The van der Waals surface area contributed by atoms with E-state index in [0.717, 1.165) is 11.1 Å². The number of nitrogens with two attached hydrogens (primary N) is 2. The van der Waals surface area contributed by atoms with Gasteiger partial charge in [0, 0.05) is 17.8 Å². The van der Waals surface area contributed by atoms with Crippen LogP contribution in [0, 0.1) is 5.41 Å². The lowest BCUT2D eigenvalue weighted by molar-refractivity contribution is 0.943. The molecule has 3 rings (SSSR count). The zero-order valence-corrected chi connectivity index (χ0v) is 10.4. The van der Waals surface area contributed by atoms with Crippen LogP contribution in [0.5, 0.6) is 0 Å². The van der Waals surface area contributed by atoms with Crippen molar-refractivity contribution in [3.05, 3.63) is 48.4 Å². The van der Waals surface area contributed by atoms with E-state index < -0.39 is 0 Å². The molecule has 0 fully saturated rings. The van der Waals surface area contributed by atoms with Gasteiger partial charge in [-0.1, -0.05) is 0 Å². The molecule has 0 aliphatic heterocycles. The fourth-order valence-corrected chi connectivity index (χ4v) is 1.89. The Kier molecular flexibility index (Phi) is 2.68. The third-order valence-corrected chi connectivity index (χ3v) is 2.75. The number of nitrogens with zero attached hydrogens (tertiary/aromatic N) is 4. The van der Waals surface area contributed by atoms with Crippen molar-refractivity contribution in [2.45, 2.75) is 0 Å². The minimum absolute atomic E-state index is 0.0576. The highest BCUT2D eigenvalue weighted by Crippen LogP contribution is 2.21. The minimum Gasteiger partial charge on any atom is -0.386 e. The molecule has 8 heteroatoms. The SMILES string of the molecule is N=C(C=C(N)N)c1cn2nccc2c(-c2cn[nH]c2)n1. The summed E-state index contributed by atoms with van der Waals surface area (Å²) in [6, 6.07) is 1.84. The summed E-state index contributed by atoms with van der Waals surface area (Å²) in [6.07, 6.45) is 8.06. The molecule has 3 aromatic heterocycles. The summed E-state index contributed by atoms with van der Waals surface area (Å²) in [6.45, 7) is 0. The second-order valence-corrected chi connectivity index (χ2v) is 4.18. The van der Waals surface area contributed by atoms with E-state index in [1.165, 1.54) is 6.08 Å². The second kappa shape index (κ2) is 4.50. The molecule has 8 nitrogen and oxygen atoms in total. The Morgan fingerprint density at radius 2 is 2.25 bits per heavy atom. The number of aromatic amines is 1. The van der Waals surface area contributed by atoms with Gasteiger partial charge in [0.15, 0.2) is 0 Å². The molecule has 0 amide bonds. The van der Waals surface area contributed by atoms with Gasteiger partial charge in [0.05, 0.1) is 41.3 Å². The zero-order valence-electron chi connectivity index (χ0n) is 10.4. The first kappa shape index (κ1) is 11.9. The molecule has 3 heterocycles. The maximum absolute atomic E-state index is 7.95. The van der Waals surface area contributed by atoms with Gasteiger partial charge >= 0.3 is 0 Å². The van der Waals surface area contributed by atoms with Gasteiger partial charge in [0.25, 0.3) is 0 Å². The lowest BCUT2D eigenvalue weighted by Crippen LogP contribution is -2.12. The molecule has 0 spiro atoms. The Labute approximate surface area is 113 Å². The van der Waals surface area contributed by atoms with Crippen LogP contribution in [0.25, 0.3) is 16.8 Å². The molecule has 0 saturated carbocycles. The highest BCUT2D eigenvalue weighted by Gasteiger charge is 2.12. The van der Waals surface area contributed by atoms with Crippen LogP contribution < -0.4 is 11.5 Å². The van der Waals surface area contributed by atoms with Crippen LogP contribution in [-0.2, 0) is 0 Å². The Morgan fingerprint density at radius 3 is 2.95 bits per heavy atom. The fraction of sp³-hybridized carbons (Fsp3) is 0. The van der Waals surface area contributed by atoms with Crippen LogP contribution in [0.1, 0.15) is 5.69 Å². The molecule has 20 heavy (non-hydrogen) atoms. The highest BCUT2D eigenvalue weighted by molar-refractivity contribution is 6.05. The third kappa shape index (κ3) is 1.99. The van der Waals surface area contributed by atoms with Crippen molar-refractivity contribution in [3.63, 3.8) is 0 Å². The summed E-state index contributed by atoms with van der Waals surface area (Å²) < 4.78 is 1.65. The number of hydrogen-bond acceptors (Lipinski definition) is 6. The number of nitrogens with one attached hydrogen (secondary N) is 2. The monoisotopic (exact) mass is 268 g/mol. The Balaban J connectivity index is 2.21. The van der Waals surface area contributed by atoms with E-state index in [1.807, 2.05) is 6.07 Å². The Bertz CT molecular complexity index is 792. The second-order valence-electron chi connectivity index (χ2n) is 4.18. The summed E-state index contributed by atoms with van der Waals surface area (Å²) in [7, 11) is 0. The largest absolute Gasteiger partial charge is 0.386 e. The lowest BCUT2D eigenvalue weighted by atomic mass is 10.2. The van der Waals surface area contributed by atoms with Gasteiger partial charge in [0.2, 0.25) is 0 Å². The minimum atomic E-state index is 0.0576. The molecular weight excluding hydrogens is 256 g/mol. The van der Waals surface area contributed by atoms with E-state index >= 15 is 0 Å². The molecule has 100 valence electrons. The van der Waals surface area contributed by atoms with E-state index in [4.69, 9.17) is 16.9 Å². The van der Waals surface area contributed by atoms with E-state index in [9.17, 15) is 0 Å². The van der Waals surface area contributed by atoms with E-state index in [1.54, 1.807) is 29.3 Å². The van der Waals surface area contributed by atoms with E-state index in [-0.39, 0.29) is 11.5 Å². The van der Waals surface area contributed by atoms with E-state index in [2.05, 4.69) is 20.3 Å². The first-order valence-corrected chi connectivity index (χ1v) is 5.80. The van der Waals surface area contributed by atoms with Crippen molar-refractivity contribution in [3.8, 4) is 11.3 Å². The fourth-order valence-electron chi connectivity index (χ4n) is 1.89. The van der Waals surface area contributed by atoms with Gasteiger partial charge in [-0.3, -0.25) is 10.5 Å². The summed E-state index contributed by atoms with van der Waals surface area (Å²) in [5.41, 5.74) is 13.6. The average molecular weight is 268 g/mol. The number of aromatic nitrogens is 5. The molecule has 0 aliphatic carbocycles. The predicted molar refractivity (Wildman–Crippen MR) is 73.9 cm³/mol. The molecule has 0 unspecified atom stereocenters. The van der Waals surface area contributed by atoms with Crippen molar-refractivity contribution in [2.75, 3.05) is 0 Å². The maximum Gasteiger partial charge on any atom is 0.107 e. The van der Waals surface area contributed by atoms with Crippen LogP contribution in [-0.4, -0.2) is 30.5 Å². The number of allylic oxidation sites excluding steroid dienone is 1. The molecule has 0 aliphatic rings. The summed E-state index contributed by atoms with van der Waals surface area (Å²) in [5, 5.41) is 18.8. The zero-order chi connectivity index (χ0) is 14.1. The Morgan fingerprint density at radius 1 is 1.40 bits per heavy atom. The molecule has 0 bridgehead atoms. The smallest absolute Gasteiger partial charge is 0.107 e. The highest BCUT2D eigenvalue weighted by atomic mass is 15.2. The van der Waals surface area contributed by atoms with Crippen molar-refractivity contribution in [1.29, 1.82) is 5.41 Å². The summed E-state index contributed by atoms with van der Waals surface area (Å²) in [4.78, 5) is 4.47. The van der Waals surface area contributed by atoms with Gasteiger partial charge in [-0.2, -0.15) is 10.2 Å². The van der Waals surface area contributed by atoms with Crippen molar-refractivity contribution in [2.24, 2.45) is 11.5 Å². The maximum atomic E-state index is 7.95. The molecule has 0 radical (unpaired) electrons. The van der Waals surface area contributed by atoms with Gasteiger partial charge < -0.3 is 11.5 Å². The summed E-state index contributed by atoms with van der Waals surface area (Å²) in [5.74, 6) is 0.0576. The average Bonchev–Trinajstić information content (AvgIpc) is 3.07. The molecule has 6 N–H and O–H groups in total. The predicted octanol–water partition coefficient (Wildman–Crippen LogP) is 0.246. The standard InChI is InChI=1S/C12H12N8/c13-8(3-11(14)15)9-6-20-10(1-2-18-20)12(19-9)7-4-16-17-5-7/h1-6,13H,14-15H2,(H,16,17). The van der Waals surface area contributed by atoms with Crippen molar-refractivity contribution in [1.82, 2.24) is 24.8 Å². The van der Waals surface area contributed by atoms with Crippen LogP contribution in [0.2, 0.25) is 0 Å². The molecule has 0 atom stereocenters. The summed E-state index contributed by atoms with van der Waals surface area (Å²) >= 11 is 0. The number of H-pyrrole nitrogens is 1. The van der Waals surface area contributed by atoms with Crippen LogP contribution in [0.15, 0.2) is 42.8 Å². The van der Waals surface area contributed by atoms with Crippen LogP contribution in [0.4, 0.5) is 0 Å². The Hall–Kier alpha value is -3.16. The topological polar surface area (TPSA) is 135 Å². The van der Waals surface area contributed by atoms with Crippen LogP contribution >= 0.6 is 0 Å². The first-order valence-electron chi connectivity index (χ1n) is 5.80. The van der Waals surface area contributed by atoms with Crippen LogP contribution in [0.3, 0.4) is 0 Å². The molecule has 3 aromatic rings. The molecule has 0 saturated heterocycles. The van der Waals surface area contributed by atoms with Gasteiger partial charge in [-0.15, -0.1) is 0 Å². The quantitative estimate of drug-likeness (QED) is 0.505. The number of fused-ring (bicyclic) bond motifs is 1. The molecular formula is C12H12N8. The van der Waals surface area contributed by atoms with Crippen molar-refractivity contribution < 1.29 is 0 Å². The van der Waals surface area contributed by atoms with Gasteiger partial charge in [0.1, 0.15) is 5.69 Å².